The lowest BCUT2D eigenvalue weighted by atomic mass is 9.95. The molecule has 0 aliphatic carbocycles. The van der Waals surface area contributed by atoms with Crippen LogP contribution in [0.4, 0.5) is 0 Å². The second kappa shape index (κ2) is 7.09. The lowest BCUT2D eigenvalue weighted by Crippen LogP contribution is -2.38. The number of carbonyl (C=O) groups excluding carboxylic acids is 1. The van der Waals surface area contributed by atoms with Crippen molar-refractivity contribution < 1.29 is 14.3 Å². The van der Waals surface area contributed by atoms with Crippen molar-refractivity contribution in [2.45, 2.75) is 19.4 Å². The fourth-order valence-corrected chi connectivity index (χ4v) is 4.80. The topological polar surface area (TPSA) is 69.5 Å². The first-order valence-electron chi connectivity index (χ1n) is 10.7. The Hall–Kier alpha value is -3.87. The van der Waals surface area contributed by atoms with E-state index in [1.165, 1.54) is 5.56 Å². The number of fused-ring (bicyclic) bond motifs is 3. The van der Waals surface area contributed by atoms with Gasteiger partial charge in [-0.25, -0.2) is 0 Å². The molecule has 2 aromatic heterocycles. The second-order valence-electron chi connectivity index (χ2n) is 8.24. The van der Waals surface area contributed by atoms with Crippen molar-refractivity contribution in [3.05, 3.63) is 71.5 Å². The molecule has 4 heterocycles. The van der Waals surface area contributed by atoms with Crippen molar-refractivity contribution in [1.82, 2.24) is 19.7 Å². The molecule has 7 nitrogen and oxygen atoms in total. The summed E-state index contributed by atoms with van der Waals surface area (Å²) in [5, 5.41) is 5.78. The first-order valence-corrected chi connectivity index (χ1v) is 10.7. The Labute approximate surface area is 185 Å². The average molecular weight is 426 g/mol. The van der Waals surface area contributed by atoms with Crippen LogP contribution in [-0.2, 0) is 13.5 Å². The number of hydrogen-bond donors (Lipinski definition) is 0. The van der Waals surface area contributed by atoms with E-state index in [1.54, 1.807) is 6.20 Å². The van der Waals surface area contributed by atoms with Gasteiger partial charge in [0.1, 0.15) is 0 Å². The van der Waals surface area contributed by atoms with Gasteiger partial charge in [0.05, 0.1) is 22.9 Å². The molecular formula is C25H22N4O3. The lowest BCUT2D eigenvalue weighted by Gasteiger charge is -2.33. The van der Waals surface area contributed by atoms with Crippen LogP contribution in [0, 0.1) is 0 Å². The molecule has 2 aliphatic rings. The fourth-order valence-electron chi connectivity index (χ4n) is 4.80. The van der Waals surface area contributed by atoms with Crippen molar-refractivity contribution in [3.8, 4) is 22.8 Å². The van der Waals surface area contributed by atoms with Gasteiger partial charge in [0.2, 0.25) is 6.79 Å². The summed E-state index contributed by atoms with van der Waals surface area (Å²) in [4.78, 5) is 19.7. The van der Waals surface area contributed by atoms with Crippen LogP contribution >= 0.6 is 0 Å². The number of amides is 1. The monoisotopic (exact) mass is 426 g/mol. The van der Waals surface area contributed by atoms with Crippen molar-refractivity contribution in [1.29, 1.82) is 0 Å². The number of nitrogens with zero attached hydrogens (tertiary/aromatic N) is 4. The minimum Gasteiger partial charge on any atom is -0.454 e. The van der Waals surface area contributed by atoms with E-state index in [1.807, 2.05) is 65.2 Å². The number of carbonyl (C=O) groups is 1. The zero-order valence-corrected chi connectivity index (χ0v) is 17.9. The van der Waals surface area contributed by atoms with Crippen LogP contribution < -0.4 is 9.47 Å². The third-order valence-electron chi connectivity index (χ3n) is 6.40. The third kappa shape index (κ3) is 2.85. The van der Waals surface area contributed by atoms with Crippen LogP contribution in [0.1, 0.15) is 34.6 Å². The van der Waals surface area contributed by atoms with Gasteiger partial charge >= 0.3 is 0 Å². The zero-order valence-electron chi connectivity index (χ0n) is 17.9. The minimum absolute atomic E-state index is 0.0178. The molecule has 32 heavy (non-hydrogen) atoms. The molecule has 160 valence electrons. The fraction of sp³-hybridized carbons (Fsp3) is 0.240. The SMILES string of the molecule is C[C@H]1c2nn(C)c(-c3ccc4c(c3)OCO4)c2CCN1C(=O)c1ccc2ncccc2c1. The van der Waals surface area contributed by atoms with E-state index in [-0.39, 0.29) is 18.7 Å². The maximum Gasteiger partial charge on any atom is 0.254 e. The number of rotatable bonds is 2. The van der Waals surface area contributed by atoms with E-state index in [0.717, 1.165) is 45.8 Å². The Kier molecular flexibility index (Phi) is 4.18. The van der Waals surface area contributed by atoms with E-state index in [0.29, 0.717) is 12.1 Å². The number of hydrogen-bond acceptors (Lipinski definition) is 5. The van der Waals surface area contributed by atoms with E-state index in [9.17, 15) is 4.79 Å². The molecule has 0 N–H and O–H groups in total. The maximum atomic E-state index is 13.4. The molecule has 0 radical (unpaired) electrons. The Morgan fingerprint density at radius 2 is 1.97 bits per heavy atom. The molecule has 6 rings (SSSR count). The predicted molar refractivity (Wildman–Crippen MR) is 120 cm³/mol. The van der Waals surface area contributed by atoms with E-state index >= 15 is 0 Å². The molecule has 0 saturated carbocycles. The molecule has 2 aromatic carbocycles. The van der Waals surface area contributed by atoms with Crippen LogP contribution in [0.2, 0.25) is 0 Å². The standard InChI is InChI=1S/C25H22N4O3/c1-15-23-19(24(28(2)27-23)17-6-8-21-22(13-17)32-14-31-21)9-11-29(15)25(30)18-5-7-20-16(12-18)4-3-10-26-20/h3-8,10,12-13,15H,9,11,14H2,1-2H3/t15-/m0/s1. The summed E-state index contributed by atoms with van der Waals surface area (Å²) in [7, 11) is 1.95. The summed E-state index contributed by atoms with van der Waals surface area (Å²) in [6.07, 6.45) is 2.51. The smallest absolute Gasteiger partial charge is 0.254 e. The van der Waals surface area contributed by atoms with E-state index < -0.39 is 0 Å². The summed E-state index contributed by atoms with van der Waals surface area (Å²) >= 11 is 0. The molecular weight excluding hydrogens is 404 g/mol. The molecule has 1 atom stereocenters. The lowest BCUT2D eigenvalue weighted by molar-refractivity contribution is 0.0674. The predicted octanol–water partition coefficient (Wildman–Crippen LogP) is 4.12. The van der Waals surface area contributed by atoms with Gasteiger partial charge in [-0.3, -0.25) is 14.5 Å². The third-order valence-corrected chi connectivity index (χ3v) is 6.40. The van der Waals surface area contributed by atoms with Crippen LogP contribution in [0.15, 0.2) is 54.7 Å². The molecule has 0 bridgehead atoms. The highest BCUT2D eigenvalue weighted by molar-refractivity contribution is 5.98. The van der Waals surface area contributed by atoms with Crippen molar-refractivity contribution in [3.63, 3.8) is 0 Å². The van der Waals surface area contributed by atoms with Gasteiger partial charge in [0.25, 0.3) is 5.91 Å². The molecule has 4 aromatic rings. The molecule has 2 aliphatic heterocycles. The summed E-state index contributed by atoms with van der Waals surface area (Å²) in [6, 6.07) is 15.4. The van der Waals surface area contributed by atoms with Crippen LogP contribution in [0.5, 0.6) is 11.5 Å². The quantitative estimate of drug-likeness (QED) is 0.482. The van der Waals surface area contributed by atoms with Gasteiger partial charge in [-0.15, -0.1) is 0 Å². The number of aryl methyl sites for hydroxylation is 1. The number of ether oxygens (including phenoxy) is 2. The number of aromatic nitrogens is 3. The largest absolute Gasteiger partial charge is 0.454 e. The Bertz CT molecular complexity index is 1380. The summed E-state index contributed by atoms with van der Waals surface area (Å²) in [5.41, 5.74) is 5.80. The van der Waals surface area contributed by atoms with Gasteiger partial charge in [0, 0.05) is 41.9 Å². The molecule has 0 fully saturated rings. The minimum atomic E-state index is -0.121. The molecule has 0 unspecified atom stereocenters. The Morgan fingerprint density at radius 3 is 2.88 bits per heavy atom. The van der Waals surface area contributed by atoms with Crippen LogP contribution in [-0.4, -0.2) is 38.9 Å². The highest BCUT2D eigenvalue weighted by Crippen LogP contribution is 2.40. The normalized spacial score (nSPS) is 16.9. The van der Waals surface area contributed by atoms with Crippen molar-refractivity contribution >= 4 is 16.8 Å². The van der Waals surface area contributed by atoms with Crippen LogP contribution in [0.25, 0.3) is 22.2 Å². The summed E-state index contributed by atoms with van der Waals surface area (Å²) in [6.45, 7) is 2.94. The first-order chi connectivity index (χ1) is 15.6. The highest BCUT2D eigenvalue weighted by atomic mass is 16.7. The zero-order chi connectivity index (χ0) is 21.8. The number of pyridine rings is 1. The van der Waals surface area contributed by atoms with E-state index in [4.69, 9.17) is 14.6 Å². The highest BCUT2D eigenvalue weighted by Gasteiger charge is 2.33. The molecule has 1 amide bonds. The van der Waals surface area contributed by atoms with Gasteiger partial charge in [-0.05, 0) is 55.8 Å². The van der Waals surface area contributed by atoms with Crippen LogP contribution in [0.3, 0.4) is 0 Å². The molecule has 0 saturated heterocycles. The maximum absolute atomic E-state index is 13.4. The van der Waals surface area contributed by atoms with Gasteiger partial charge in [-0.2, -0.15) is 5.10 Å². The Balaban J connectivity index is 1.34. The average Bonchev–Trinajstić information content (AvgIpc) is 3.42. The summed E-state index contributed by atoms with van der Waals surface area (Å²) in [5.74, 6) is 1.54. The van der Waals surface area contributed by atoms with Crippen molar-refractivity contribution in [2.75, 3.05) is 13.3 Å². The van der Waals surface area contributed by atoms with Crippen molar-refractivity contribution in [2.24, 2.45) is 7.05 Å². The number of benzene rings is 2. The second-order valence-corrected chi connectivity index (χ2v) is 8.24. The molecule has 7 heteroatoms. The first kappa shape index (κ1) is 18.9. The Morgan fingerprint density at radius 1 is 1.09 bits per heavy atom. The summed E-state index contributed by atoms with van der Waals surface area (Å²) < 4.78 is 12.9. The van der Waals surface area contributed by atoms with Gasteiger partial charge in [0.15, 0.2) is 11.5 Å². The molecule has 0 spiro atoms. The van der Waals surface area contributed by atoms with Gasteiger partial charge < -0.3 is 14.4 Å². The van der Waals surface area contributed by atoms with E-state index in [2.05, 4.69) is 11.9 Å². The van der Waals surface area contributed by atoms with Gasteiger partial charge in [-0.1, -0.05) is 6.07 Å².